The van der Waals surface area contributed by atoms with Crippen LogP contribution in [0.1, 0.15) is 45.7 Å². The van der Waals surface area contributed by atoms with Gasteiger partial charge in [0.2, 0.25) is 5.91 Å². The molecule has 1 heterocycles. The maximum Gasteiger partial charge on any atom is 0.242 e. The summed E-state index contributed by atoms with van der Waals surface area (Å²) < 4.78 is 0. The van der Waals surface area contributed by atoms with Crippen LogP contribution in [0.2, 0.25) is 0 Å². The quantitative estimate of drug-likeness (QED) is 0.761. The van der Waals surface area contributed by atoms with Gasteiger partial charge in [-0.15, -0.1) is 0 Å². The lowest BCUT2D eigenvalue weighted by Crippen LogP contribution is -2.36. The molecule has 0 unspecified atom stereocenters. The molecule has 2 rings (SSSR count). The second-order valence-corrected chi connectivity index (χ2v) is 6.19. The Hall–Kier alpha value is -1.36. The molecule has 1 aliphatic carbocycles. The van der Waals surface area contributed by atoms with Gasteiger partial charge in [0.05, 0.1) is 6.04 Å². The van der Waals surface area contributed by atoms with Crippen molar-refractivity contribution in [2.45, 2.75) is 51.5 Å². The average molecular weight is 250 g/mol. The van der Waals surface area contributed by atoms with Crippen LogP contribution in [0.25, 0.3) is 0 Å². The van der Waals surface area contributed by atoms with Gasteiger partial charge < -0.3 is 11.1 Å². The van der Waals surface area contributed by atoms with E-state index in [4.69, 9.17) is 5.73 Å². The molecule has 18 heavy (non-hydrogen) atoms. The largest absolute Gasteiger partial charge is 0.320 e. The van der Waals surface area contributed by atoms with Gasteiger partial charge in [-0.3, -0.25) is 9.89 Å². The number of hydrogen-bond donors (Lipinski definition) is 3. The van der Waals surface area contributed by atoms with Crippen molar-refractivity contribution in [1.29, 1.82) is 0 Å². The van der Waals surface area contributed by atoms with Gasteiger partial charge in [0.25, 0.3) is 0 Å². The van der Waals surface area contributed by atoms with Crippen molar-refractivity contribution >= 4 is 11.7 Å². The molecule has 1 atom stereocenters. The highest BCUT2D eigenvalue weighted by molar-refractivity contribution is 5.93. The van der Waals surface area contributed by atoms with Gasteiger partial charge in [0.1, 0.15) is 0 Å². The lowest BCUT2D eigenvalue weighted by atomic mass is 9.92. The molecule has 0 bridgehead atoms. The molecular formula is C13H22N4O. The molecular weight excluding hydrogens is 228 g/mol. The van der Waals surface area contributed by atoms with Crippen LogP contribution in [-0.4, -0.2) is 22.1 Å². The number of nitrogens with two attached hydrogens (primary N) is 1. The molecule has 1 fully saturated rings. The van der Waals surface area contributed by atoms with Crippen LogP contribution in [0.5, 0.6) is 0 Å². The van der Waals surface area contributed by atoms with Gasteiger partial charge in [-0.05, 0) is 12.3 Å². The second-order valence-electron chi connectivity index (χ2n) is 6.19. The van der Waals surface area contributed by atoms with Crippen LogP contribution in [0, 0.1) is 5.92 Å². The minimum absolute atomic E-state index is 0.00783. The molecule has 1 aliphatic rings. The number of anilines is 1. The van der Waals surface area contributed by atoms with Crippen LogP contribution < -0.4 is 11.1 Å². The Morgan fingerprint density at radius 3 is 2.78 bits per heavy atom. The van der Waals surface area contributed by atoms with E-state index >= 15 is 0 Å². The van der Waals surface area contributed by atoms with Gasteiger partial charge in [-0.2, -0.15) is 5.10 Å². The van der Waals surface area contributed by atoms with Crippen molar-refractivity contribution in [2.24, 2.45) is 11.7 Å². The lowest BCUT2D eigenvalue weighted by molar-refractivity contribution is -0.117. The fourth-order valence-corrected chi connectivity index (χ4v) is 1.81. The molecule has 1 amide bonds. The number of aromatic nitrogens is 2. The van der Waals surface area contributed by atoms with Gasteiger partial charge in [-0.1, -0.05) is 33.6 Å². The molecule has 1 saturated carbocycles. The molecule has 0 aliphatic heterocycles. The predicted molar refractivity (Wildman–Crippen MR) is 71.2 cm³/mol. The molecule has 100 valence electrons. The first-order chi connectivity index (χ1) is 8.36. The molecule has 1 aromatic rings. The maximum absolute atomic E-state index is 11.8. The zero-order valence-corrected chi connectivity index (χ0v) is 11.3. The summed E-state index contributed by atoms with van der Waals surface area (Å²) in [4.78, 5) is 11.8. The third kappa shape index (κ3) is 3.32. The highest BCUT2D eigenvalue weighted by Crippen LogP contribution is 2.33. The van der Waals surface area contributed by atoms with Crippen molar-refractivity contribution in [3.63, 3.8) is 0 Å². The normalized spacial score (nSPS) is 17.6. The summed E-state index contributed by atoms with van der Waals surface area (Å²) in [7, 11) is 0. The second kappa shape index (κ2) is 4.72. The number of rotatable bonds is 4. The summed E-state index contributed by atoms with van der Waals surface area (Å²) >= 11 is 0. The smallest absolute Gasteiger partial charge is 0.242 e. The fraction of sp³-hybridized carbons (Fsp3) is 0.692. The van der Waals surface area contributed by atoms with Crippen molar-refractivity contribution in [1.82, 2.24) is 10.2 Å². The monoisotopic (exact) mass is 250 g/mol. The molecule has 1 aromatic heterocycles. The SMILES string of the molecule is CC(C)(C)c1cc(NC(=O)[C@@H](N)CC2CC2)n[nH]1. The lowest BCUT2D eigenvalue weighted by Gasteiger charge is -2.14. The van der Waals surface area contributed by atoms with Gasteiger partial charge >= 0.3 is 0 Å². The van der Waals surface area contributed by atoms with Crippen molar-refractivity contribution in [2.75, 3.05) is 5.32 Å². The van der Waals surface area contributed by atoms with Crippen LogP contribution in [0.4, 0.5) is 5.82 Å². The summed E-state index contributed by atoms with van der Waals surface area (Å²) in [5.74, 6) is 1.06. The molecule has 0 radical (unpaired) electrons. The van der Waals surface area contributed by atoms with E-state index in [1.54, 1.807) is 0 Å². The molecule has 0 saturated heterocycles. The van der Waals surface area contributed by atoms with Crippen LogP contribution in [-0.2, 0) is 10.2 Å². The van der Waals surface area contributed by atoms with E-state index in [9.17, 15) is 4.79 Å². The zero-order chi connectivity index (χ0) is 13.3. The van der Waals surface area contributed by atoms with E-state index in [0.717, 1.165) is 12.1 Å². The Labute approximate surface area is 108 Å². The molecule has 5 nitrogen and oxygen atoms in total. The zero-order valence-electron chi connectivity index (χ0n) is 11.3. The number of carbonyl (C=O) groups is 1. The Morgan fingerprint density at radius 2 is 2.28 bits per heavy atom. The van der Waals surface area contributed by atoms with Gasteiger partial charge in [0.15, 0.2) is 5.82 Å². The van der Waals surface area contributed by atoms with Crippen molar-refractivity contribution in [3.8, 4) is 0 Å². The number of nitrogens with one attached hydrogen (secondary N) is 2. The van der Waals surface area contributed by atoms with Gasteiger partial charge in [-0.25, -0.2) is 0 Å². The molecule has 5 heteroatoms. The highest BCUT2D eigenvalue weighted by atomic mass is 16.2. The summed E-state index contributed by atoms with van der Waals surface area (Å²) in [6.45, 7) is 6.26. The van der Waals surface area contributed by atoms with Crippen LogP contribution in [0.15, 0.2) is 6.07 Å². The summed E-state index contributed by atoms with van der Waals surface area (Å²) in [6.07, 6.45) is 3.19. The first-order valence-electron chi connectivity index (χ1n) is 6.48. The summed E-state index contributed by atoms with van der Waals surface area (Å²) in [5.41, 5.74) is 6.83. The molecule has 0 spiro atoms. The number of H-pyrrole nitrogens is 1. The third-order valence-electron chi connectivity index (χ3n) is 3.26. The standard InChI is InChI=1S/C13H22N4O/c1-13(2,3)10-7-11(17-16-10)15-12(18)9(14)6-8-4-5-8/h7-9H,4-6,14H2,1-3H3,(H2,15,16,17,18)/t9-/m0/s1. The van der Waals surface area contributed by atoms with Crippen LogP contribution in [0.3, 0.4) is 0 Å². The van der Waals surface area contributed by atoms with Crippen LogP contribution >= 0.6 is 0 Å². The molecule has 0 aromatic carbocycles. The fourth-order valence-electron chi connectivity index (χ4n) is 1.81. The third-order valence-corrected chi connectivity index (χ3v) is 3.26. The van der Waals surface area contributed by atoms with E-state index < -0.39 is 6.04 Å². The highest BCUT2D eigenvalue weighted by Gasteiger charge is 2.27. The number of hydrogen-bond acceptors (Lipinski definition) is 3. The van der Waals surface area contributed by atoms with E-state index in [0.29, 0.717) is 11.7 Å². The number of carbonyl (C=O) groups excluding carboxylic acids is 1. The first-order valence-corrected chi connectivity index (χ1v) is 6.48. The number of nitrogens with zero attached hydrogens (tertiary/aromatic N) is 1. The van der Waals surface area contributed by atoms with Crippen molar-refractivity contribution < 1.29 is 4.79 Å². The Morgan fingerprint density at radius 1 is 1.61 bits per heavy atom. The van der Waals surface area contributed by atoms with E-state index in [-0.39, 0.29) is 11.3 Å². The summed E-state index contributed by atoms with van der Waals surface area (Å²) in [5, 5.41) is 9.79. The summed E-state index contributed by atoms with van der Waals surface area (Å²) in [6, 6.07) is 1.44. The topological polar surface area (TPSA) is 83.8 Å². The Bertz CT molecular complexity index is 428. The Balaban J connectivity index is 1.92. The first kappa shape index (κ1) is 13.1. The van der Waals surface area contributed by atoms with Crippen molar-refractivity contribution in [3.05, 3.63) is 11.8 Å². The Kier molecular flexibility index (Phi) is 3.43. The predicted octanol–water partition coefficient (Wildman–Crippen LogP) is 1.77. The van der Waals surface area contributed by atoms with Gasteiger partial charge in [0, 0.05) is 17.2 Å². The maximum atomic E-state index is 11.8. The molecule has 4 N–H and O–H groups in total. The van der Waals surface area contributed by atoms with E-state index in [2.05, 4.69) is 36.3 Å². The number of aromatic amines is 1. The minimum atomic E-state index is -0.424. The van der Waals surface area contributed by atoms with E-state index in [1.807, 2.05) is 6.07 Å². The number of amides is 1. The average Bonchev–Trinajstić information content (AvgIpc) is 2.92. The van der Waals surface area contributed by atoms with E-state index in [1.165, 1.54) is 12.8 Å². The minimum Gasteiger partial charge on any atom is -0.320 e.